The van der Waals surface area contributed by atoms with Crippen LogP contribution in [0.3, 0.4) is 0 Å². The quantitative estimate of drug-likeness (QED) is 0.603. The van der Waals surface area contributed by atoms with Crippen LogP contribution in [0.5, 0.6) is 0 Å². The molecule has 0 aromatic heterocycles. The number of rotatable bonds is 2. The predicted octanol–water partition coefficient (Wildman–Crippen LogP) is 0.914. The van der Waals surface area contributed by atoms with Gasteiger partial charge in [-0.1, -0.05) is 0 Å². The van der Waals surface area contributed by atoms with E-state index in [1.807, 2.05) is 16.9 Å². The minimum absolute atomic E-state index is 0.908. The van der Waals surface area contributed by atoms with E-state index in [-0.39, 0.29) is 0 Å². The van der Waals surface area contributed by atoms with Crippen molar-refractivity contribution >= 4 is 16.9 Å². The molecule has 0 aliphatic carbocycles. The Morgan fingerprint density at radius 1 is 1.30 bits per heavy atom. The Balaban J connectivity index is 2.13. The summed E-state index contributed by atoms with van der Waals surface area (Å²) in [5, 5.41) is 0. The Kier molecular flexibility index (Phi) is 3.80. The molecule has 0 saturated carbocycles. The summed E-state index contributed by atoms with van der Waals surface area (Å²) in [6.45, 7) is 6.37. The van der Waals surface area contributed by atoms with Crippen molar-refractivity contribution in [3.05, 3.63) is 0 Å². The van der Waals surface area contributed by atoms with Gasteiger partial charge in [-0.25, -0.2) is 0 Å². The molecule has 2 heteroatoms. The number of nitrogens with zero attached hydrogens (tertiary/aromatic N) is 1. The third kappa shape index (κ3) is 3.07. The first-order valence-electron chi connectivity index (χ1n) is 4.27. The van der Waals surface area contributed by atoms with Crippen LogP contribution in [0, 0.1) is 0 Å². The Morgan fingerprint density at radius 2 is 1.90 bits per heavy atom. The molecule has 10 heavy (non-hydrogen) atoms. The van der Waals surface area contributed by atoms with Gasteiger partial charge < -0.3 is 0 Å². The van der Waals surface area contributed by atoms with Crippen LogP contribution in [0.25, 0.3) is 0 Å². The van der Waals surface area contributed by atoms with Gasteiger partial charge in [-0.15, -0.1) is 0 Å². The molecule has 2 unspecified atom stereocenters. The van der Waals surface area contributed by atoms with Crippen molar-refractivity contribution in [2.24, 2.45) is 0 Å². The van der Waals surface area contributed by atoms with Crippen LogP contribution in [-0.2, 0) is 0 Å². The molecule has 1 aliphatic rings. The summed E-state index contributed by atoms with van der Waals surface area (Å²) in [5.74, 6) is 0. The maximum atomic E-state index is 2.61. The van der Waals surface area contributed by atoms with E-state index < -0.39 is 0 Å². The Hall–Kier alpha value is 0.518. The van der Waals surface area contributed by atoms with Crippen molar-refractivity contribution < 1.29 is 0 Å². The molecule has 1 rings (SSSR count). The van der Waals surface area contributed by atoms with Crippen LogP contribution in [0.1, 0.15) is 26.2 Å². The van der Waals surface area contributed by atoms with Gasteiger partial charge in [0, 0.05) is 0 Å². The van der Waals surface area contributed by atoms with E-state index in [1.54, 1.807) is 0 Å². The molecule has 0 amide bonds. The number of likely N-dealkylation sites (tertiary alicyclic amines) is 1. The van der Waals surface area contributed by atoms with Gasteiger partial charge in [-0.3, -0.25) is 0 Å². The SMILES string of the molecule is CC([AsH2])CN1CCCCC1. The summed E-state index contributed by atoms with van der Waals surface area (Å²) >= 11 is 1.88. The molecule has 1 aliphatic heterocycles. The molecule has 2 atom stereocenters. The molecule has 0 radical (unpaired) electrons. The van der Waals surface area contributed by atoms with Crippen LogP contribution < -0.4 is 0 Å². The number of piperidine rings is 1. The van der Waals surface area contributed by atoms with Gasteiger partial charge in [0.05, 0.1) is 0 Å². The van der Waals surface area contributed by atoms with E-state index in [4.69, 9.17) is 0 Å². The third-order valence-corrected chi connectivity index (χ3v) is 2.44. The zero-order chi connectivity index (χ0) is 7.40. The second-order valence-corrected chi connectivity index (χ2v) is 5.73. The molecular weight excluding hydrogens is 185 g/mol. The van der Waals surface area contributed by atoms with Gasteiger partial charge in [0.1, 0.15) is 0 Å². The van der Waals surface area contributed by atoms with E-state index in [0.717, 1.165) is 4.71 Å². The summed E-state index contributed by atoms with van der Waals surface area (Å²) < 4.78 is 0.908. The summed E-state index contributed by atoms with van der Waals surface area (Å²) in [7, 11) is 0. The van der Waals surface area contributed by atoms with Crippen molar-refractivity contribution in [1.82, 2.24) is 4.90 Å². The predicted molar refractivity (Wildman–Crippen MR) is 48.3 cm³/mol. The monoisotopic (exact) mass is 203 g/mol. The fourth-order valence-corrected chi connectivity index (χ4v) is 2.17. The van der Waals surface area contributed by atoms with Crippen molar-refractivity contribution in [2.45, 2.75) is 30.9 Å². The molecule has 0 aromatic carbocycles. The van der Waals surface area contributed by atoms with Gasteiger partial charge in [-0.05, 0) is 0 Å². The van der Waals surface area contributed by atoms with Crippen molar-refractivity contribution in [2.75, 3.05) is 19.6 Å². The van der Waals surface area contributed by atoms with Crippen molar-refractivity contribution in [3.63, 3.8) is 0 Å². The second-order valence-electron chi connectivity index (χ2n) is 3.34. The Morgan fingerprint density at radius 3 is 2.40 bits per heavy atom. The van der Waals surface area contributed by atoms with E-state index in [9.17, 15) is 0 Å². The average Bonchev–Trinajstić information content (AvgIpc) is 1.88. The van der Waals surface area contributed by atoms with Crippen LogP contribution in [-0.4, -0.2) is 41.4 Å². The summed E-state index contributed by atoms with van der Waals surface area (Å²) in [5.41, 5.74) is 0. The topological polar surface area (TPSA) is 3.24 Å². The van der Waals surface area contributed by atoms with Gasteiger partial charge in [0.25, 0.3) is 0 Å². The molecule has 1 saturated heterocycles. The van der Waals surface area contributed by atoms with Gasteiger partial charge >= 0.3 is 72.3 Å². The molecule has 0 spiro atoms. The standard InChI is InChI=1S/C8H18AsN/c1-8(9)7-10-5-3-2-4-6-10/h8H,2-7,9H2,1H3. The molecule has 1 fully saturated rings. The molecule has 0 aromatic rings. The van der Waals surface area contributed by atoms with Gasteiger partial charge in [0.15, 0.2) is 0 Å². The summed E-state index contributed by atoms with van der Waals surface area (Å²) in [4.78, 5) is 2.61. The zero-order valence-corrected chi connectivity index (χ0v) is 9.27. The van der Waals surface area contributed by atoms with Crippen LogP contribution in [0.2, 0.25) is 4.71 Å². The van der Waals surface area contributed by atoms with Crippen molar-refractivity contribution in [3.8, 4) is 0 Å². The van der Waals surface area contributed by atoms with E-state index >= 15 is 0 Å². The molecular formula is C8H18AsN. The van der Waals surface area contributed by atoms with E-state index in [2.05, 4.69) is 11.8 Å². The first-order valence-corrected chi connectivity index (χ1v) is 5.67. The van der Waals surface area contributed by atoms with Crippen LogP contribution >= 0.6 is 0 Å². The number of hydrogen-bond donors (Lipinski definition) is 0. The molecule has 60 valence electrons. The first-order chi connectivity index (χ1) is 4.79. The van der Waals surface area contributed by atoms with Crippen molar-refractivity contribution in [1.29, 1.82) is 0 Å². The summed E-state index contributed by atoms with van der Waals surface area (Å²) in [6.07, 6.45) is 4.32. The number of hydrogen-bond acceptors (Lipinski definition) is 1. The normalized spacial score (nSPS) is 24.6. The fourth-order valence-electron chi connectivity index (χ4n) is 1.55. The van der Waals surface area contributed by atoms with Crippen LogP contribution in [0.15, 0.2) is 0 Å². The minimum atomic E-state index is 0.908. The molecule has 0 bridgehead atoms. The van der Waals surface area contributed by atoms with Gasteiger partial charge in [-0.2, -0.15) is 0 Å². The third-order valence-electron chi connectivity index (χ3n) is 1.99. The van der Waals surface area contributed by atoms with E-state index in [0.29, 0.717) is 0 Å². The molecule has 0 N–H and O–H groups in total. The molecule has 1 nitrogen and oxygen atoms in total. The molecule has 1 heterocycles. The zero-order valence-electron chi connectivity index (χ0n) is 6.84. The summed E-state index contributed by atoms with van der Waals surface area (Å²) in [6, 6.07) is 0. The first kappa shape index (κ1) is 8.61. The fraction of sp³-hybridized carbons (Fsp3) is 1.00. The van der Waals surface area contributed by atoms with Crippen LogP contribution in [0.4, 0.5) is 0 Å². The Bertz CT molecular complexity index is 87.3. The Labute approximate surface area is 72.7 Å². The maximum absolute atomic E-state index is 2.61. The average molecular weight is 203 g/mol. The van der Waals surface area contributed by atoms with Gasteiger partial charge in [0.2, 0.25) is 0 Å². The van der Waals surface area contributed by atoms with E-state index in [1.165, 1.54) is 38.9 Å². The second kappa shape index (κ2) is 4.41.